The van der Waals surface area contributed by atoms with Crippen molar-refractivity contribution in [2.24, 2.45) is 0 Å². The third-order valence-corrected chi connectivity index (χ3v) is 13.6. The van der Waals surface area contributed by atoms with Crippen molar-refractivity contribution in [1.29, 1.82) is 0 Å². The minimum absolute atomic E-state index is 0.0322. The topological polar surface area (TPSA) is 0 Å². The van der Waals surface area contributed by atoms with Crippen LogP contribution in [0.5, 0.6) is 0 Å². The fourth-order valence-corrected chi connectivity index (χ4v) is 12.5. The normalized spacial score (nSPS) is 10.8. The van der Waals surface area contributed by atoms with Gasteiger partial charge in [0, 0.05) is 0 Å². The summed E-state index contributed by atoms with van der Waals surface area (Å²) in [5.41, 5.74) is 0. The van der Waals surface area contributed by atoms with Crippen molar-refractivity contribution in [1.82, 2.24) is 0 Å². The second kappa shape index (κ2) is 11.4. The van der Waals surface area contributed by atoms with Crippen LogP contribution in [0, 0.1) is 0 Å². The zero-order valence-corrected chi connectivity index (χ0v) is 22.1. The second-order valence-corrected chi connectivity index (χ2v) is 20.5. The van der Waals surface area contributed by atoms with Crippen molar-refractivity contribution in [2.45, 2.75) is 0 Å². The molecule has 1 radical (unpaired) electrons. The fraction of sp³-hybridized carbons (Fsp3) is 0. The molecule has 0 unspecified atom stereocenters. The van der Waals surface area contributed by atoms with Gasteiger partial charge in [0.1, 0.15) is 0 Å². The molecular weight excluding hydrogens is 652 g/mol. The third kappa shape index (κ3) is 4.84. The van der Waals surface area contributed by atoms with E-state index in [1.54, 1.807) is 0 Å². The van der Waals surface area contributed by atoms with Crippen molar-refractivity contribution < 1.29 is 16.1 Å². The minimum atomic E-state index is -2.77. The predicted molar refractivity (Wildman–Crippen MR) is 130 cm³/mol. The molecule has 4 rings (SSSR count). The van der Waals surface area contributed by atoms with E-state index in [1.165, 1.54) is 17.4 Å². The predicted octanol–water partition coefficient (Wildman–Crippen LogP) is 1.64. The van der Waals surface area contributed by atoms with Crippen LogP contribution in [0.2, 0.25) is 0 Å². The summed E-state index contributed by atoms with van der Waals surface area (Å²) in [7, 11) is 5.10. The van der Waals surface area contributed by atoms with E-state index in [0.717, 1.165) is 0 Å². The molecule has 0 N–H and O–H groups in total. The Kier molecular flexibility index (Phi) is 8.91. The van der Waals surface area contributed by atoms with Crippen LogP contribution in [-0.2, 0) is 0 Å². The number of halogens is 3. The van der Waals surface area contributed by atoms with E-state index in [1.807, 2.05) is 0 Å². The van der Waals surface area contributed by atoms with E-state index in [9.17, 15) is 0 Å². The molecule has 0 aliphatic rings. The Morgan fingerprint density at radius 2 is 0.643 bits per heavy atom. The van der Waals surface area contributed by atoms with Crippen molar-refractivity contribution >= 4 is 58.5 Å². The molecule has 0 saturated heterocycles. The van der Waals surface area contributed by atoms with Crippen molar-refractivity contribution in [3.8, 4) is 0 Å². The number of rotatable bonds is 4. The summed E-state index contributed by atoms with van der Waals surface area (Å²) in [4.78, 5) is 0. The average Bonchev–Trinajstić information content (AvgIpc) is 2.78. The van der Waals surface area contributed by atoms with Crippen LogP contribution < -0.4 is 33.5 Å². The first kappa shape index (κ1) is 21.9. The molecule has 0 aliphatic heterocycles. The molecule has 4 aromatic rings. The summed E-state index contributed by atoms with van der Waals surface area (Å²) < 4.78 is 5.79. The Morgan fingerprint density at radius 1 is 0.464 bits per heavy atom. The number of benzene rings is 4. The first-order chi connectivity index (χ1) is 13.8. The molecule has 0 amide bonds. The first-order valence-corrected chi connectivity index (χ1v) is 21.6. The van der Waals surface area contributed by atoms with Gasteiger partial charge in [-0.1, -0.05) is 0 Å². The van der Waals surface area contributed by atoms with Gasteiger partial charge in [-0.05, 0) is 0 Å². The van der Waals surface area contributed by atoms with E-state index < -0.39 is 13.6 Å². The molecule has 0 nitrogen and oxygen atoms in total. The van der Waals surface area contributed by atoms with Crippen LogP contribution in [0.1, 0.15) is 0 Å². The van der Waals surface area contributed by atoms with Crippen LogP contribution in [0.15, 0.2) is 121 Å². The SMILES string of the molecule is Cl[I-]I.c1ccc([As](c2ccccc2)(c2ccccc2)c2ccccc2)cc1. The van der Waals surface area contributed by atoms with Gasteiger partial charge in [-0.15, -0.1) is 0 Å². The van der Waals surface area contributed by atoms with E-state index >= 15 is 0 Å². The van der Waals surface area contributed by atoms with Gasteiger partial charge in [0.2, 0.25) is 0 Å². The van der Waals surface area contributed by atoms with Gasteiger partial charge in [0.25, 0.3) is 0 Å². The van der Waals surface area contributed by atoms with E-state index in [2.05, 4.69) is 140 Å². The first-order valence-electron chi connectivity index (χ1n) is 8.82. The maximum absolute atomic E-state index is 5.10. The quantitative estimate of drug-likeness (QED) is 0.229. The van der Waals surface area contributed by atoms with Crippen molar-refractivity contribution in [3.63, 3.8) is 0 Å². The Labute approximate surface area is 194 Å². The molecule has 0 spiro atoms. The van der Waals surface area contributed by atoms with Gasteiger partial charge >= 0.3 is 196 Å². The Morgan fingerprint density at radius 3 is 0.821 bits per heavy atom. The van der Waals surface area contributed by atoms with Crippen LogP contribution in [0.3, 0.4) is 0 Å². The molecule has 4 heteroatoms. The molecule has 28 heavy (non-hydrogen) atoms. The van der Waals surface area contributed by atoms with E-state index in [0.29, 0.717) is 0 Å². The van der Waals surface area contributed by atoms with Crippen molar-refractivity contribution in [2.75, 3.05) is 0 Å². The summed E-state index contributed by atoms with van der Waals surface area (Å²) in [6.07, 6.45) is 0. The van der Waals surface area contributed by atoms with E-state index in [-0.39, 0.29) is 16.1 Å². The summed E-state index contributed by atoms with van der Waals surface area (Å²) in [6, 6.07) is 44.2. The Bertz CT molecular complexity index is 785. The van der Waals surface area contributed by atoms with Gasteiger partial charge in [0.05, 0.1) is 0 Å². The molecule has 0 aromatic heterocycles. The van der Waals surface area contributed by atoms with Gasteiger partial charge in [-0.2, -0.15) is 0 Å². The molecule has 0 bridgehead atoms. The molecule has 0 heterocycles. The van der Waals surface area contributed by atoms with Crippen LogP contribution in [0.4, 0.5) is 0 Å². The molecule has 0 saturated carbocycles. The van der Waals surface area contributed by atoms with Gasteiger partial charge in [-0.25, -0.2) is 0 Å². The van der Waals surface area contributed by atoms with Crippen LogP contribution in [0.25, 0.3) is 0 Å². The summed E-state index contributed by atoms with van der Waals surface area (Å²) in [5.74, 6) is 0. The summed E-state index contributed by atoms with van der Waals surface area (Å²) in [5, 5.41) is 0. The number of hydrogen-bond donors (Lipinski definition) is 0. The van der Waals surface area contributed by atoms with Gasteiger partial charge in [0.15, 0.2) is 0 Å². The zero-order valence-electron chi connectivity index (χ0n) is 15.1. The molecule has 0 atom stereocenters. The Balaban J connectivity index is 0.000000706. The number of hydrogen-bond acceptors (Lipinski definition) is 0. The monoisotopic (exact) mass is 672 g/mol. The van der Waals surface area contributed by atoms with Crippen LogP contribution >= 0.6 is 27.5 Å². The standard InChI is InChI=1S/C24H20As.ClI2/c1-5-13-21(14-6-1)25(22-15-7-2-8-16-22,23-17-9-3-10-18-23)24-19-11-4-12-20-24;1-3-2/h1-20H;/q;-1. The summed E-state index contributed by atoms with van der Waals surface area (Å²) in [6.45, 7) is 0. The molecule has 4 aromatic carbocycles. The average molecular weight is 673 g/mol. The Hall–Kier alpha value is -0.812. The van der Waals surface area contributed by atoms with Gasteiger partial charge in [-0.3, -0.25) is 0 Å². The molecule has 0 fully saturated rings. The van der Waals surface area contributed by atoms with Crippen molar-refractivity contribution in [3.05, 3.63) is 121 Å². The van der Waals surface area contributed by atoms with Crippen LogP contribution in [-0.4, -0.2) is 13.6 Å². The molecule has 0 aliphatic carbocycles. The van der Waals surface area contributed by atoms with E-state index in [4.69, 9.17) is 8.91 Å². The fourth-order valence-electron chi connectivity index (χ4n) is 3.50. The zero-order chi connectivity index (χ0) is 19.7. The second-order valence-electron chi connectivity index (χ2n) is 6.07. The molecule has 143 valence electrons. The molecular formula is C24H20AsClI2-. The maximum atomic E-state index is 5.10. The summed E-state index contributed by atoms with van der Waals surface area (Å²) >= 11 is -0.572. The third-order valence-electron chi connectivity index (χ3n) is 4.57. The van der Waals surface area contributed by atoms with Gasteiger partial charge < -0.3 is 0 Å².